The third-order valence-electron chi connectivity index (χ3n) is 1.32. The first kappa shape index (κ1) is 9.53. The van der Waals surface area contributed by atoms with Crippen molar-refractivity contribution in [2.75, 3.05) is 13.1 Å². The van der Waals surface area contributed by atoms with Crippen molar-refractivity contribution in [3.63, 3.8) is 0 Å². The van der Waals surface area contributed by atoms with E-state index in [-0.39, 0.29) is 5.91 Å². The van der Waals surface area contributed by atoms with Gasteiger partial charge in [-0.25, -0.2) is 0 Å². The fourth-order valence-electron chi connectivity index (χ4n) is 0.780. The van der Waals surface area contributed by atoms with Gasteiger partial charge in [-0.1, -0.05) is 0 Å². The summed E-state index contributed by atoms with van der Waals surface area (Å²) < 4.78 is 1.02. The summed E-state index contributed by atoms with van der Waals surface area (Å²) in [5.41, 5.74) is 5.81. The van der Waals surface area contributed by atoms with Gasteiger partial charge in [0.15, 0.2) is 0 Å². The number of aromatic nitrogens is 1. The molecule has 0 spiro atoms. The molecule has 1 aromatic rings. The molecule has 0 aromatic carbocycles. The molecule has 0 radical (unpaired) electrons. The molecule has 0 aliphatic heterocycles. The molecule has 1 heterocycles. The van der Waals surface area contributed by atoms with Gasteiger partial charge in [0.2, 0.25) is 0 Å². The molecule has 0 unspecified atom stereocenters. The van der Waals surface area contributed by atoms with Crippen LogP contribution in [0.15, 0.2) is 12.3 Å². The minimum atomic E-state index is -0.108. The van der Waals surface area contributed by atoms with Crippen molar-refractivity contribution in [1.82, 2.24) is 10.3 Å². The molecule has 0 atom stereocenters. The summed E-state index contributed by atoms with van der Waals surface area (Å²) in [5.74, 6) is -0.108. The Hall–Kier alpha value is -0.560. The van der Waals surface area contributed by atoms with Gasteiger partial charge in [-0.05, 0) is 28.7 Å². The Morgan fingerprint density at radius 1 is 1.75 bits per heavy atom. The maximum atomic E-state index is 11.2. The second-order valence-corrected chi connectivity index (χ2v) is 3.52. The van der Waals surface area contributed by atoms with Crippen molar-refractivity contribution in [2.45, 2.75) is 0 Å². The van der Waals surface area contributed by atoms with Crippen molar-refractivity contribution >= 4 is 28.5 Å². The lowest BCUT2D eigenvalue weighted by Gasteiger charge is -1.99. The number of hydrogen-bond acceptors (Lipinski definition) is 2. The summed E-state index contributed by atoms with van der Waals surface area (Å²) >= 11 is 2.14. The van der Waals surface area contributed by atoms with Crippen LogP contribution in [-0.2, 0) is 0 Å². The molecule has 0 aliphatic rings. The molecule has 66 valence electrons. The fraction of sp³-hybridized carbons (Fsp3) is 0.286. The number of halogens is 1. The smallest absolute Gasteiger partial charge is 0.267 e. The highest BCUT2D eigenvalue weighted by Crippen LogP contribution is 2.05. The standard InChI is InChI=1S/C7H10IN3O/c8-5-3-6(11-4-5)7(12)10-2-1-9/h3-4,11H,1-2,9H2,(H,10,12). The zero-order valence-corrected chi connectivity index (χ0v) is 8.59. The third kappa shape index (κ3) is 2.49. The Balaban J connectivity index is 2.53. The lowest BCUT2D eigenvalue weighted by Crippen LogP contribution is -2.29. The lowest BCUT2D eigenvalue weighted by molar-refractivity contribution is 0.0950. The number of carbonyl (C=O) groups excluding carboxylic acids is 1. The van der Waals surface area contributed by atoms with E-state index in [2.05, 4.69) is 32.9 Å². The zero-order chi connectivity index (χ0) is 8.97. The Bertz CT molecular complexity index is 271. The van der Waals surface area contributed by atoms with E-state index in [9.17, 15) is 4.79 Å². The van der Waals surface area contributed by atoms with Crippen LogP contribution in [-0.4, -0.2) is 24.0 Å². The molecule has 0 saturated heterocycles. The van der Waals surface area contributed by atoms with Crippen LogP contribution in [0.2, 0.25) is 0 Å². The minimum Gasteiger partial charge on any atom is -0.356 e. The van der Waals surface area contributed by atoms with E-state index < -0.39 is 0 Å². The first-order valence-electron chi connectivity index (χ1n) is 3.56. The second kappa shape index (κ2) is 4.46. The molecular weight excluding hydrogens is 269 g/mol. The Morgan fingerprint density at radius 2 is 2.50 bits per heavy atom. The molecule has 0 saturated carbocycles. The van der Waals surface area contributed by atoms with Gasteiger partial charge in [0.1, 0.15) is 5.69 Å². The van der Waals surface area contributed by atoms with Crippen molar-refractivity contribution in [3.8, 4) is 0 Å². The topological polar surface area (TPSA) is 70.9 Å². The predicted molar refractivity (Wildman–Crippen MR) is 54.9 cm³/mol. The van der Waals surface area contributed by atoms with E-state index in [1.54, 1.807) is 12.3 Å². The number of nitrogens with two attached hydrogens (primary N) is 1. The van der Waals surface area contributed by atoms with Crippen LogP contribution < -0.4 is 11.1 Å². The number of H-pyrrole nitrogens is 1. The average molecular weight is 279 g/mol. The highest BCUT2D eigenvalue weighted by molar-refractivity contribution is 14.1. The van der Waals surface area contributed by atoms with Crippen LogP contribution in [0.1, 0.15) is 10.5 Å². The van der Waals surface area contributed by atoms with Crippen LogP contribution in [0.4, 0.5) is 0 Å². The summed E-state index contributed by atoms with van der Waals surface area (Å²) in [5, 5.41) is 2.66. The van der Waals surface area contributed by atoms with Gasteiger partial charge < -0.3 is 16.0 Å². The molecule has 1 aromatic heterocycles. The SMILES string of the molecule is NCCNC(=O)c1cc(I)c[nH]1. The maximum absolute atomic E-state index is 11.2. The minimum absolute atomic E-state index is 0.108. The monoisotopic (exact) mass is 279 g/mol. The van der Waals surface area contributed by atoms with E-state index >= 15 is 0 Å². The molecule has 0 aliphatic carbocycles. The predicted octanol–water partition coefficient (Wildman–Crippen LogP) is 0.308. The van der Waals surface area contributed by atoms with Crippen LogP contribution in [0.5, 0.6) is 0 Å². The average Bonchev–Trinajstić information content (AvgIpc) is 2.47. The highest BCUT2D eigenvalue weighted by Gasteiger charge is 2.05. The molecule has 1 rings (SSSR count). The summed E-state index contributed by atoms with van der Waals surface area (Å²) in [6.45, 7) is 0.970. The Labute approximate surface area is 84.0 Å². The molecule has 4 N–H and O–H groups in total. The van der Waals surface area contributed by atoms with E-state index in [0.717, 1.165) is 3.57 Å². The normalized spacial score (nSPS) is 9.83. The number of hydrogen-bond donors (Lipinski definition) is 3. The van der Waals surface area contributed by atoms with Gasteiger partial charge in [-0.2, -0.15) is 0 Å². The molecule has 4 nitrogen and oxygen atoms in total. The molecule has 0 bridgehead atoms. The summed E-state index contributed by atoms with van der Waals surface area (Å²) in [6.07, 6.45) is 1.78. The van der Waals surface area contributed by atoms with Gasteiger partial charge >= 0.3 is 0 Å². The number of rotatable bonds is 3. The second-order valence-electron chi connectivity index (χ2n) is 2.28. The Kier molecular flexibility index (Phi) is 3.54. The molecular formula is C7H10IN3O. The van der Waals surface area contributed by atoms with Crippen molar-refractivity contribution in [3.05, 3.63) is 21.5 Å². The van der Waals surface area contributed by atoms with E-state index in [0.29, 0.717) is 18.8 Å². The number of carbonyl (C=O) groups is 1. The summed E-state index contributed by atoms with van der Waals surface area (Å²) in [7, 11) is 0. The van der Waals surface area contributed by atoms with Crippen molar-refractivity contribution in [1.29, 1.82) is 0 Å². The number of nitrogens with one attached hydrogen (secondary N) is 2. The number of aromatic amines is 1. The van der Waals surface area contributed by atoms with Crippen molar-refractivity contribution < 1.29 is 4.79 Å². The third-order valence-corrected chi connectivity index (χ3v) is 1.95. The Morgan fingerprint density at radius 3 is 3.00 bits per heavy atom. The van der Waals surface area contributed by atoms with E-state index in [4.69, 9.17) is 5.73 Å². The van der Waals surface area contributed by atoms with Gasteiger partial charge in [-0.15, -0.1) is 0 Å². The van der Waals surface area contributed by atoms with Gasteiger partial charge in [0, 0.05) is 22.9 Å². The molecule has 0 fully saturated rings. The van der Waals surface area contributed by atoms with Gasteiger partial charge in [0.05, 0.1) is 0 Å². The van der Waals surface area contributed by atoms with Crippen LogP contribution in [0.3, 0.4) is 0 Å². The van der Waals surface area contributed by atoms with Crippen LogP contribution >= 0.6 is 22.6 Å². The van der Waals surface area contributed by atoms with Gasteiger partial charge in [0.25, 0.3) is 5.91 Å². The molecule has 1 amide bonds. The maximum Gasteiger partial charge on any atom is 0.267 e. The fourth-order valence-corrected chi connectivity index (χ4v) is 1.25. The van der Waals surface area contributed by atoms with Crippen LogP contribution in [0, 0.1) is 3.57 Å². The summed E-state index contributed by atoms with van der Waals surface area (Å²) in [4.78, 5) is 14.1. The first-order chi connectivity index (χ1) is 5.74. The largest absolute Gasteiger partial charge is 0.356 e. The number of amides is 1. The lowest BCUT2D eigenvalue weighted by atomic mass is 10.4. The van der Waals surface area contributed by atoms with Crippen LogP contribution in [0.25, 0.3) is 0 Å². The van der Waals surface area contributed by atoms with E-state index in [1.165, 1.54) is 0 Å². The highest BCUT2D eigenvalue weighted by atomic mass is 127. The quantitative estimate of drug-likeness (QED) is 0.697. The van der Waals surface area contributed by atoms with Crippen molar-refractivity contribution in [2.24, 2.45) is 5.73 Å². The zero-order valence-electron chi connectivity index (χ0n) is 6.43. The first-order valence-corrected chi connectivity index (χ1v) is 4.64. The van der Waals surface area contributed by atoms with Gasteiger partial charge in [-0.3, -0.25) is 4.79 Å². The van der Waals surface area contributed by atoms with E-state index in [1.807, 2.05) is 0 Å². The summed E-state index contributed by atoms with van der Waals surface area (Å²) in [6, 6.07) is 1.78. The molecule has 5 heteroatoms. The molecule has 12 heavy (non-hydrogen) atoms.